The number of terminal acetylenes is 1. The molecule has 1 aromatic rings. The summed E-state index contributed by atoms with van der Waals surface area (Å²) in [5, 5.41) is 10.1. The summed E-state index contributed by atoms with van der Waals surface area (Å²) in [5.74, 6) is 2.84. The predicted octanol–water partition coefficient (Wildman–Crippen LogP) is 3.34. The molecule has 0 aliphatic carbocycles. The van der Waals surface area contributed by atoms with Crippen molar-refractivity contribution in [1.29, 1.82) is 0 Å². The van der Waals surface area contributed by atoms with Crippen LogP contribution in [0.2, 0.25) is 0 Å². The number of unbranched alkanes of at least 4 members (excludes halogenated alkanes) is 1. The highest BCUT2D eigenvalue weighted by Crippen LogP contribution is 2.25. The van der Waals surface area contributed by atoms with E-state index in [9.17, 15) is 5.11 Å². The Morgan fingerprint density at radius 2 is 2.00 bits per heavy atom. The second-order valence-corrected chi connectivity index (χ2v) is 4.09. The molecule has 0 aliphatic heterocycles. The van der Waals surface area contributed by atoms with Gasteiger partial charge in [0.05, 0.1) is 6.10 Å². The highest BCUT2D eigenvalue weighted by Gasteiger charge is 2.18. The Hall–Kier alpha value is -1.26. The van der Waals surface area contributed by atoms with Crippen LogP contribution in [0.5, 0.6) is 0 Å². The van der Waals surface area contributed by atoms with Crippen molar-refractivity contribution >= 4 is 0 Å². The molecule has 0 amide bonds. The first-order valence-electron chi connectivity index (χ1n) is 5.96. The van der Waals surface area contributed by atoms with Gasteiger partial charge >= 0.3 is 0 Å². The molecule has 0 heterocycles. The fraction of sp³-hybridized carbons (Fsp3) is 0.467. The molecule has 2 unspecified atom stereocenters. The summed E-state index contributed by atoms with van der Waals surface area (Å²) in [6, 6.07) is 10.2. The molecule has 0 bridgehead atoms. The third kappa shape index (κ3) is 3.72. The Kier molecular flexibility index (Phi) is 5.67. The van der Waals surface area contributed by atoms with Crippen LogP contribution in [0.3, 0.4) is 0 Å². The van der Waals surface area contributed by atoms with Crippen molar-refractivity contribution in [2.75, 3.05) is 0 Å². The third-order valence-electron chi connectivity index (χ3n) is 2.95. The molecule has 0 saturated heterocycles. The molecule has 0 saturated carbocycles. The molecule has 1 rings (SSSR count). The van der Waals surface area contributed by atoms with Gasteiger partial charge in [-0.3, -0.25) is 0 Å². The first kappa shape index (κ1) is 12.8. The van der Waals surface area contributed by atoms with E-state index >= 15 is 0 Å². The molecule has 0 aromatic heterocycles. The first-order valence-corrected chi connectivity index (χ1v) is 5.96. The van der Waals surface area contributed by atoms with Gasteiger partial charge in [0.25, 0.3) is 0 Å². The number of rotatable bonds is 6. The van der Waals surface area contributed by atoms with Gasteiger partial charge in [-0.15, -0.1) is 12.3 Å². The van der Waals surface area contributed by atoms with Gasteiger partial charge in [0.2, 0.25) is 0 Å². The number of benzene rings is 1. The standard InChI is InChI=1S/C15H20O/c1-3-5-7-12-15(16)14(4-2)13-10-8-6-9-11-13/h1,6,8-11,14-16H,4-5,7,12H2,2H3. The lowest BCUT2D eigenvalue weighted by Crippen LogP contribution is -2.17. The van der Waals surface area contributed by atoms with Crippen molar-refractivity contribution in [3.63, 3.8) is 0 Å². The van der Waals surface area contributed by atoms with Crippen LogP contribution in [-0.4, -0.2) is 11.2 Å². The van der Waals surface area contributed by atoms with E-state index < -0.39 is 0 Å². The largest absolute Gasteiger partial charge is 0.392 e. The number of aliphatic hydroxyl groups excluding tert-OH is 1. The topological polar surface area (TPSA) is 20.2 Å². The minimum absolute atomic E-state index is 0.235. The van der Waals surface area contributed by atoms with Crippen molar-refractivity contribution < 1.29 is 5.11 Å². The molecule has 0 spiro atoms. The maximum absolute atomic E-state index is 10.1. The Morgan fingerprint density at radius 3 is 2.56 bits per heavy atom. The molecule has 0 radical (unpaired) electrons. The van der Waals surface area contributed by atoms with Gasteiger partial charge < -0.3 is 5.11 Å². The Bertz CT molecular complexity index is 323. The maximum Gasteiger partial charge on any atom is 0.0608 e. The van der Waals surface area contributed by atoms with E-state index in [0.717, 1.165) is 25.7 Å². The van der Waals surface area contributed by atoms with Crippen LogP contribution in [-0.2, 0) is 0 Å². The predicted molar refractivity (Wildman–Crippen MR) is 68.2 cm³/mol. The molecule has 0 fully saturated rings. The molecule has 86 valence electrons. The van der Waals surface area contributed by atoms with E-state index in [0.29, 0.717) is 0 Å². The lowest BCUT2D eigenvalue weighted by atomic mass is 9.88. The van der Waals surface area contributed by atoms with E-state index in [4.69, 9.17) is 6.42 Å². The van der Waals surface area contributed by atoms with E-state index in [-0.39, 0.29) is 12.0 Å². The summed E-state index contributed by atoms with van der Waals surface area (Å²) in [4.78, 5) is 0. The van der Waals surface area contributed by atoms with Crippen LogP contribution in [0.1, 0.15) is 44.1 Å². The van der Waals surface area contributed by atoms with E-state index in [2.05, 4.69) is 25.0 Å². The number of hydrogen-bond acceptors (Lipinski definition) is 1. The summed E-state index contributed by atoms with van der Waals surface area (Å²) in [5.41, 5.74) is 1.22. The fourth-order valence-electron chi connectivity index (χ4n) is 2.04. The van der Waals surface area contributed by atoms with Crippen LogP contribution >= 0.6 is 0 Å². The van der Waals surface area contributed by atoms with Gasteiger partial charge in [-0.25, -0.2) is 0 Å². The quantitative estimate of drug-likeness (QED) is 0.571. The Morgan fingerprint density at radius 1 is 1.31 bits per heavy atom. The zero-order valence-corrected chi connectivity index (χ0v) is 9.89. The average Bonchev–Trinajstić information content (AvgIpc) is 2.32. The van der Waals surface area contributed by atoms with Crippen LogP contribution in [0.25, 0.3) is 0 Å². The fourth-order valence-corrected chi connectivity index (χ4v) is 2.04. The van der Waals surface area contributed by atoms with Crippen LogP contribution in [0, 0.1) is 12.3 Å². The minimum Gasteiger partial charge on any atom is -0.392 e. The summed E-state index contributed by atoms with van der Waals surface area (Å²) in [6.07, 6.45) is 8.33. The van der Waals surface area contributed by atoms with E-state index in [1.807, 2.05) is 18.2 Å². The molecule has 1 nitrogen and oxygen atoms in total. The second kappa shape index (κ2) is 7.09. The normalized spacial score (nSPS) is 14.1. The maximum atomic E-state index is 10.1. The minimum atomic E-state index is -0.277. The lowest BCUT2D eigenvalue weighted by Gasteiger charge is -2.21. The van der Waals surface area contributed by atoms with Gasteiger partial charge in [0, 0.05) is 12.3 Å². The molecule has 2 atom stereocenters. The number of hydrogen-bond donors (Lipinski definition) is 1. The highest BCUT2D eigenvalue weighted by molar-refractivity contribution is 5.20. The molecule has 1 aromatic carbocycles. The smallest absolute Gasteiger partial charge is 0.0608 e. The van der Waals surface area contributed by atoms with Gasteiger partial charge in [-0.2, -0.15) is 0 Å². The monoisotopic (exact) mass is 216 g/mol. The van der Waals surface area contributed by atoms with Gasteiger partial charge in [-0.1, -0.05) is 37.3 Å². The zero-order chi connectivity index (χ0) is 11.8. The summed E-state index contributed by atoms with van der Waals surface area (Å²) in [7, 11) is 0. The zero-order valence-electron chi connectivity index (χ0n) is 9.89. The molecule has 1 N–H and O–H groups in total. The molecular formula is C15H20O. The lowest BCUT2D eigenvalue weighted by molar-refractivity contribution is 0.129. The van der Waals surface area contributed by atoms with Gasteiger partial charge in [-0.05, 0) is 24.8 Å². The Balaban J connectivity index is 2.57. The Labute approximate surface area is 98.5 Å². The summed E-state index contributed by atoms with van der Waals surface area (Å²) >= 11 is 0. The second-order valence-electron chi connectivity index (χ2n) is 4.09. The molecule has 1 heteroatoms. The van der Waals surface area contributed by atoms with E-state index in [1.54, 1.807) is 0 Å². The van der Waals surface area contributed by atoms with Crippen LogP contribution in [0.15, 0.2) is 30.3 Å². The van der Waals surface area contributed by atoms with Crippen LogP contribution < -0.4 is 0 Å². The van der Waals surface area contributed by atoms with Crippen molar-refractivity contribution in [2.45, 2.75) is 44.6 Å². The van der Waals surface area contributed by atoms with Crippen LogP contribution in [0.4, 0.5) is 0 Å². The van der Waals surface area contributed by atoms with E-state index in [1.165, 1.54) is 5.56 Å². The van der Waals surface area contributed by atoms with Gasteiger partial charge in [0.15, 0.2) is 0 Å². The third-order valence-corrected chi connectivity index (χ3v) is 2.95. The summed E-state index contributed by atoms with van der Waals surface area (Å²) < 4.78 is 0. The van der Waals surface area contributed by atoms with Crippen molar-refractivity contribution in [3.8, 4) is 12.3 Å². The molecule has 16 heavy (non-hydrogen) atoms. The highest BCUT2D eigenvalue weighted by atomic mass is 16.3. The van der Waals surface area contributed by atoms with Gasteiger partial charge in [0.1, 0.15) is 0 Å². The van der Waals surface area contributed by atoms with Crippen molar-refractivity contribution in [1.82, 2.24) is 0 Å². The first-order chi connectivity index (χ1) is 7.79. The summed E-state index contributed by atoms with van der Waals surface area (Å²) in [6.45, 7) is 2.11. The SMILES string of the molecule is C#CCCCC(O)C(CC)c1ccccc1. The van der Waals surface area contributed by atoms with Crippen molar-refractivity contribution in [3.05, 3.63) is 35.9 Å². The average molecular weight is 216 g/mol. The van der Waals surface area contributed by atoms with Crippen molar-refractivity contribution in [2.24, 2.45) is 0 Å². The number of aliphatic hydroxyl groups is 1. The molecular weight excluding hydrogens is 196 g/mol. The molecule has 0 aliphatic rings.